The summed E-state index contributed by atoms with van der Waals surface area (Å²) < 4.78 is 27.3. The summed E-state index contributed by atoms with van der Waals surface area (Å²) in [7, 11) is 0. The van der Waals surface area contributed by atoms with Crippen molar-refractivity contribution in [3.05, 3.63) is 35.0 Å². The minimum atomic E-state index is -0.518. The largest absolute Gasteiger partial charge is 0.491 e. The number of hydrogen-bond acceptors (Lipinski definition) is 9. The van der Waals surface area contributed by atoms with Gasteiger partial charge in [0.2, 0.25) is 6.41 Å². The van der Waals surface area contributed by atoms with Crippen LogP contribution in [0.1, 0.15) is 32.0 Å². The second kappa shape index (κ2) is 14.7. The lowest BCUT2D eigenvalue weighted by Gasteiger charge is -2.19. The van der Waals surface area contributed by atoms with Crippen molar-refractivity contribution >= 4 is 23.7 Å². The van der Waals surface area contributed by atoms with Crippen molar-refractivity contribution in [2.75, 3.05) is 46.2 Å². The molecule has 1 amide bonds. The molecule has 0 saturated heterocycles. The van der Waals surface area contributed by atoms with Crippen LogP contribution in [0.3, 0.4) is 0 Å². The van der Waals surface area contributed by atoms with Crippen LogP contribution < -0.4 is 10.1 Å². The topological polar surface area (TPSA) is 105 Å². The standard InChI is InChI=1S/C24H34N2O7S/c1-18-23(34-17-26-18)19-5-6-20(14-25-16-27)21(13-19)32-12-11-30-8-7-29-9-10-31-15-22(28)33-24(2,3)4/h5-6,13,16-17H,7-12,14-15H2,1-4H3,(H,25,27). The van der Waals surface area contributed by atoms with Crippen LogP contribution in [-0.2, 0) is 35.1 Å². The quantitative estimate of drug-likeness (QED) is 0.216. The molecule has 0 unspecified atom stereocenters. The number of rotatable bonds is 16. The number of amides is 1. The number of nitrogens with one attached hydrogen (secondary N) is 1. The van der Waals surface area contributed by atoms with Gasteiger partial charge < -0.3 is 29.0 Å². The summed E-state index contributed by atoms with van der Waals surface area (Å²) in [6.07, 6.45) is 0.663. The molecule has 10 heteroatoms. The predicted octanol–water partition coefficient (Wildman–Crippen LogP) is 3.13. The van der Waals surface area contributed by atoms with Gasteiger partial charge in [-0.1, -0.05) is 12.1 Å². The number of benzene rings is 1. The molecular formula is C24H34N2O7S. The van der Waals surface area contributed by atoms with E-state index in [0.717, 1.165) is 21.7 Å². The van der Waals surface area contributed by atoms with Gasteiger partial charge in [0.05, 0.1) is 49.1 Å². The Morgan fingerprint density at radius 2 is 1.74 bits per heavy atom. The molecule has 0 fully saturated rings. The van der Waals surface area contributed by atoms with Crippen LogP contribution >= 0.6 is 11.3 Å². The molecule has 9 nitrogen and oxygen atoms in total. The Bertz CT molecular complexity index is 896. The van der Waals surface area contributed by atoms with Crippen LogP contribution in [0.5, 0.6) is 5.75 Å². The highest BCUT2D eigenvalue weighted by Crippen LogP contribution is 2.32. The monoisotopic (exact) mass is 494 g/mol. The lowest BCUT2D eigenvalue weighted by atomic mass is 10.1. The Morgan fingerprint density at radius 1 is 1.06 bits per heavy atom. The van der Waals surface area contributed by atoms with Crippen molar-refractivity contribution in [3.63, 3.8) is 0 Å². The van der Waals surface area contributed by atoms with E-state index < -0.39 is 11.6 Å². The molecule has 0 spiro atoms. The zero-order valence-corrected chi connectivity index (χ0v) is 21.1. The van der Waals surface area contributed by atoms with Gasteiger partial charge in [-0.05, 0) is 39.3 Å². The summed E-state index contributed by atoms with van der Waals surface area (Å²) >= 11 is 1.57. The highest BCUT2D eigenvalue weighted by molar-refractivity contribution is 7.13. The zero-order valence-electron chi connectivity index (χ0n) is 20.3. The Morgan fingerprint density at radius 3 is 2.35 bits per heavy atom. The highest BCUT2D eigenvalue weighted by Gasteiger charge is 2.16. The number of hydrogen-bond donors (Lipinski definition) is 1. The Balaban J connectivity index is 1.63. The van der Waals surface area contributed by atoms with Gasteiger partial charge in [0.1, 0.15) is 24.6 Å². The molecule has 1 aromatic carbocycles. The maximum Gasteiger partial charge on any atom is 0.332 e. The molecule has 2 rings (SSSR count). The zero-order chi connectivity index (χ0) is 24.8. The molecule has 2 aromatic rings. The molecule has 0 radical (unpaired) electrons. The second-order valence-electron chi connectivity index (χ2n) is 8.30. The fourth-order valence-electron chi connectivity index (χ4n) is 2.88. The average Bonchev–Trinajstić information content (AvgIpc) is 3.21. The number of carbonyl (C=O) groups excluding carboxylic acids is 2. The predicted molar refractivity (Wildman–Crippen MR) is 129 cm³/mol. The van der Waals surface area contributed by atoms with Gasteiger partial charge in [-0.15, -0.1) is 11.3 Å². The van der Waals surface area contributed by atoms with Crippen LogP contribution in [0, 0.1) is 6.92 Å². The van der Waals surface area contributed by atoms with Crippen LogP contribution in [0.25, 0.3) is 10.4 Å². The number of nitrogens with zero attached hydrogens (tertiary/aromatic N) is 1. The highest BCUT2D eigenvalue weighted by atomic mass is 32.1. The third kappa shape index (κ3) is 10.6. The minimum absolute atomic E-state index is 0.0947. The minimum Gasteiger partial charge on any atom is -0.491 e. The summed E-state index contributed by atoms with van der Waals surface area (Å²) in [4.78, 5) is 27.6. The summed E-state index contributed by atoms with van der Waals surface area (Å²) in [5, 5.41) is 2.67. The van der Waals surface area contributed by atoms with Gasteiger partial charge in [-0.25, -0.2) is 9.78 Å². The Hall–Kier alpha value is -2.53. The van der Waals surface area contributed by atoms with E-state index in [2.05, 4.69) is 10.3 Å². The first-order chi connectivity index (χ1) is 16.3. The number of carbonyl (C=O) groups is 2. The lowest BCUT2D eigenvalue weighted by molar-refractivity contribution is -0.160. The third-order valence-corrected chi connectivity index (χ3v) is 5.30. The van der Waals surface area contributed by atoms with Gasteiger partial charge >= 0.3 is 5.97 Å². The van der Waals surface area contributed by atoms with E-state index in [1.54, 1.807) is 11.3 Å². The van der Waals surface area contributed by atoms with Crippen molar-refractivity contribution in [1.29, 1.82) is 0 Å². The normalized spacial score (nSPS) is 11.3. The fraction of sp³-hybridized carbons (Fsp3) is 0.542. The molecule has 0 aliphatic carbocycles. The Kier molecular flexibility index (Phi) is 12.0. The molecule has 34 heavy (non-hydrogen) atoms. The molecule has 1 aromatic heterocycles. The van der Waals surface area contributed by atoms with Crippen LogP contribution in [0.15, 0.2) is 23.7 Å². The molecule has 0 bridgehead atoms. The first kappa shape index (κ1) is 27.7. The maximum absolute atomic E-state index is 11.5. The number of thiazole rings is 1. The van der Waals surface area contributed by atoms with E-state index in [-0.39, 0.29) is 6.61 Å². The SMILES string of the molecule is Cc1ncsc1-c1ccc(CNC=O)c(OCCOCCOCCOCC(=O)OC(C)(C)C)c1. The first-order valence-electron chi connectivity index (χ1n) is 11.1. The summed E-state index contributed by atoms with van der Waals surface area (Å²) in [5.74, 6) is 0.301. The van der Waals surface area contributed by atoms with Crippen LogP contribution in [0.4, 0.5) is 0 Å². The van der Waals surface area contributed by atoms with E-state index in [0.29, 0.717) is 58.3 Å². The smallest absolute Gasteiger partial charge is 0.332 e. The Labute approximate surface area is 204 Å². The van der Waals surface area contributed by atoms with Gasteiger partial charge in [-0.2, -0.15) is 0 Å². The summed E-state index contributed by atoms with van der Waals surface area (Å²) in [6.45, 7) is 9.91. The first-order valence-corrected chi connectivity index (χ1v) is 12.0. The van der Waals surface area contributed by atoms with Crippen molar-refractivity contribution in [2.45, 2.75) is 39.8 Å². The molecule has 0 aliphatic rings. The number of aromatic nitrogens is 1. The van der Waals surface area contributed by atoms with Crippen molar-refractivity contribution in [2.24, 2.45) is 0 Å². The molecule has 188 valence electrons. The molecular weight excluding hydrogens is 460 g/mol. The van der Waals surface area contributed by atoms with Gasteiger partial charge in [0.15, 0.2) is 0 Å². The second-order valence-corrected chi connectivity index (χ2v) is 9.16. The molecule has 0 aliphatic heterocycles. The van der Waals surface area contributed by atoms with Gasteiger partial charge in [0.25, 0.3) is 0 Å². The maximum atomic E-state index is 11.5. The van der Waals surface area contributed by atoms with Crippen molar-refractivity contribution in [3.8, 4) is 16.2 Å². The van der Waals surface area contributed by atoms with Crippen molar-refractivity contribution < 1.29 is 33.3 Å². The average molecular weight is 495 g/mol. The van der Waals surface area contributed by atoms with Crippen molar-refractivity contribution in [1.82, 2.24) is 10.3 Å². The lowest BCUT2D eigenvalue weighted by Crippen LogP contribution is -2.27. The van der Waals surface area contributed by atoms with Gasteiger partial charge in [0, 0.05) is 12.1 Å². The van der Waals surface area contributed by atoms with Gasteiger partial charge in [-0.3, -0.25) is 4.79 Å². The third-order valence-electron chi connectivity index (χ3n) is 4.32. The fourth-order valence-corrected chi connectivity index (χ4v) is 3.69. The van der Waals surface area contributed by atoms with E-state index in [4.69, 9.17) is 23.7 Å². The molecule has 1 N–H and O–H groups in total. The summed E-state index contributed by atoms with van der Waals surface area (Å²) in [6, 6.07) is 5.91. The number of ether oxygens (including phenoxy) is 5. The number of esters is 1. The van der Waals surface area contributed by atoms with E-state index in [1.165, 1.54) is 0 Å². The molecule has 1 heterocycles. The number of aryl methyl sites for hydroxylation is 1. The molecule has 0 saturated carbocycles. The van der Waals surface area contributed by atoms with Crippen LogP contribution in [-0.4, -0.2) is 69.2 Å². The van der Waals surface area contributed by atoms with E-state index >= 15 is 0 Å². The van der Waals surface area contributed by atoms with E-state index in [1.807, 2.05) is 51.4 Å². The summed E-state index contributed by atoms with van der Waals surface area (Å²) in [5.41, 5.74) is 4.17. The molecule has 0 atom stereocenters. The van der Waals surface area contributed by atoms with Crippen LogP contribution in [0.2, 0.25) is 0 Å². The van der Waals surface area contributed by atoms with E-state index in [9.17, 15) is 9.59 Å².